The summed E-state index contributed by atoms with van der Waals surface area (Å²) < 4.78 is 55.6. The molecule has 0 fully saturated rings. The van der Waals surface area contributed by atoms with Crippen LogP contribution in [-0.2, 0) is 9.84 Å². The number of halogens is 2. The third-order valence-electron chi connectivity index (χ3n) is 5.63. The zero-order chi connectivity index (χ0) is 24.7. The molecule has 0 aliphatic carbocycles. The SMILES string of the molecule is O=S(=O)(C(/C=C\c1ccccc1)c1ccc(F)cc1)C(/C=C\c1ccccc1)c1ccc(F)cc1. The molecule has 0 heterocycles. The van der Waals surface area contributed by atoms with Crippen molar-refractivity contribution in [3.8, 4) is 0 Å². The van der Waals surface area contributed by atoms with Crippen molar-refractivity contribution in [1.29, 1.82) is 0 Å². The molecule has 0 aliphatic rings. The van der Waals surface area contributed by atoms with Gasteiger partial charge in [-0.25, -0.2) is 17.2 Å². The van der Waals surface area contributed by atoms with E-state index >= 15 is 0 Å². The minimum absolute atomic E-state index is 0.443. The van der Waals surface area contributed by atoms with Gasteiger partial charge in [0.25, 0.3) is 0 Å². The fourth-order valence-electron chi connectivity index (χ4n) is 3.81. The number of sulfone groups is 1. The highest BCUT2D eigenvalue weighted by Crippen LogP contribution is 2.37. The van der Waals surface area contributed by atoms with Crippen LogP contribution in [0.3, 0.4) is 0 Å². The van der Waals surface area contributed by atoms with Gasteiger partial charge >= 0.3 is 0 Å². The second kappa shape index (κ2) is 11.1. The summed E-state index contributed by atoms with van der Waals surface area (Å²) in [5.74, 6) is -0.896. The van der Waals surface area contributed by atoms with Crippen LogP contribution >= 0.6 is 0 Å². The monoisotopic (exact) mass is 486 g/mol. The van der Waals surface area contributed by atoms with E-state index in [1.807, 2.05) is 60.7 Å². The Morgan fingerprint density at radius 1 is 0.514 bits per heavy atom. The maximum absolute atomic E-state index is 14.2. The number of hydrogen-bond donors (Lipinski definition) is 0. The van der Waals surface area contributed by atoms with E-state index in [1.54, 1.807) is 24.3 Å². The van der Waals surface area contributed by atoms with E-state index in [0.717, 1.165) is 11.1 Å². The lowest BCUT2D eigenvalue weighted by Gasteiger charge is -2.22. The van der Waals surface area contributed by atoms with Gasteiger partial charge in [-0.3, -0.25) is 0 Å². The lowest BCUT2D eigenvalue weighted by atomic mass is 10.1. The molecule has 0 radical (unpaired) electrons. The van der Waals surface area contributed by atoms with Gasteiger partial charge < -0.3 is 0 Å². The Morgan fingerprint density at radius 3 is 1.20 bits per heavy atom. The van der Waals surface area contributed by atoms with Crippen LogP contribution in [0.15, 0.2) is 121 Å². The minimum Gasteiger partial charge on any atom is -0.227 e. The smallest absolute Gasteiger partial charge is 0.171 e. The molecule has 0 aliphatic heterocycles. The summed E-state index contributed by atoms with van der Waals surface area (Å²) in [6.45, 7) is 0. The van der Waals surface area contributed by atoms with Gasteiger partial charge in [-0.15, -0.1) is 0 Å². The molecule has 5 heteroatoms. The molecule has 0 saturated heterocycles. The van der Waals surface area contributed by atoms with E-state index in [0.29, 0.717) is 11.1 Å². The average Bonchev–Trinajstić information content (AvgIpc) is 2.87. The Bertz CT molecular complexity index is 1290. The lowest BCUT2D eigenvalue weighted by molar-refractivity contribution is 0.583. The Balaban J connectivity index is 1.82. The molecule has 2 nitrogen and oxygen atoms in total. The first-order valence-electron chi connectivity index (χ1n) is 11.1. The van der Waals surface area contributed by atoms with E-state index in [4.69, 9.17) is 0 Å². The second-order valence-corrected chi connectivity index (χ2v) is 10.3. The zero-order valence-corrected chi connectivity index (χ0v) is 19.7. The van der Waals surface area contributed by atoms with E-state index in [9.17, 15) is 17.2 Å². The van der Waals surface area contributed by atoms with Crippen molar-refractivity contribution in [3.63, 3.8) is 0 Å². The van der Waals surface area contributed by atoms with Crippen LogP contribution in [0.25, 0.3) is 12.2 Å². The molecule has 176 valence electrons. The van der Waals surface area contributed by atoms with Gasteiger partial charge in [0, 0.05) is 0 Å². The van der Waals surface area contributed by atoms with E-state index in [2.05, 4.69) is 0 Å². The first kappa shape index (κ1) is 24.3. The van der Waals surface area contributed by atoms with Gasteiger partial charge in [-0.1, -0.05) is 109 Å². The van der Waals surface area contributed by atoms with Gasteiger partial charge in [-0.05, 0) is 46.5 Å². The predicted molar refractivity (Wildman–Crippen MR) is 138 cm³/mol. The summed E-state index contributed by atoms with van der Waals surface area (Å²) in [5.41, 5.74) is 2.57. The fraction of sp³-hybridized carbons (Fsp3) is 0.0667. The van der Waals surface area contributed by atoms with Gasteiger partial charge in [0.1, 0.15) is 22.1 Å². The van der Waals surface area contributed by atoms with Crippen molar-refractivity contribution >= 4 is 22.0 Å². The third kappa shape index (κ3) is 6.19. The largest absolute Gasteiger partial charge is 0.227 e. The summed E-state index contributed by atoms with van der Waals surface area (Å²) in [4.78, 5) is 0. The molecule has 4 aromatic carbocycles. The standard InChI is InChI=1S/C30H24F2O2S/c31-27-17-13-25(14-18-27)29(21-11-23-7-3-1-4-8-23)35(33,34)30(26-15-19-28(32)20-16-26)22-12-24-9-5-2-6-10-24/h1-22,29-30H/b21-11-,22-12-. The van der Waals surface area contributed by atoms with Gasteiger partial charge in [-0.2, -0.15) is 0 Å². The number of rotatable bonds is 8. The highest BCUT2D eigenvalue weighted by atomic mass is 32.2. The zero-order valence-electron chi connectivity index (χ0n) is 18.8. The average molecular weight is 487 g/mol. The van der Waals surface area contributed by atoms with Crippen molar-refractivity contribution in [1.82, 2.24) is 0 Å². The highest BCUT2D eigenvalue weighted by Gasteiger charge is 2.33. The molecule has 0 N–H and O–H groups in total. The van der Waals surface area contributed by atoms with Crippen LogP contribution in [0.4, 0.5) is 8.78 Å². The van der Waals surface area contributed by atoms with Crippen molar-refractivity contribution < 1.29 is 17.2 Å². The van der Waals surface area contributed by atoms with Crippen molar-refractivity contribution in [2.75, 3.05) is 0 Å². The van der Waals surface area contributed by atoms with E-state index in [1.165, 1.54) is 48.5 Å². The normalized spacial score (nSPS) is 13.8. The highest BCUT2D eigenvalue weighted by molar-refractivity contribution is 7.92. The van der Waals surface area contributed by atoms with Crippen molar-refractivity contribution in [2.24, 2.45) is 0 Å². The van der Waals surface area contributed by atoms with E-state index < -0.39 is 32.0 Å². The van der Waals surface area contributed by atoms with Crippen LogP contribution < -0.4 is 0 Å². The molecule has 4 rings (SSSR count). The molecule has 0 aromatic heterocycles. The topological polar surface area (TPSA) is 34.1 Å². The van der Waals surface area contributed by atoms with Crippen LogP contribution in [0, 0.1) is 11.6 Å². The van der Waals surface area contributed by atoms with Gasteiger partial charge in [0.05, 0.1) is 0 Å². The molecule has 0 amide bonds. The first-order chi connectivity index (χ1) is 16.9. The van der Waals surface area contributed by atoms with Crippen molar-refractivity contribution in [2.45, 2.75) is 10.5 Å². The summed E-state index contributed by atoms with van der Waals surface area (Å²) in [6.07, 6.45) is 6.72. The quantitative estimate of drug-likeness (QED) is 0.257. The molecular weight excluding hydrogens is 462 g/mol. The number of benzene rings is 4. The maximum Gasteiger partial charge on any atom is 0.171 e. The summed E-state index contributed by atoms with van der Waals surface area (Å²) in [6, 6.07) is 29.6. The van der Waals surface area contributed by atoms with Crippen molar-refractivity contribution in [3.05, 3.63) is 155 Å². The first-order valence-corrected chi connectivity index (χ1v) is 12.7. The third-order valence-corrected chi connectivity index (χ3v) is 7.91. The summed E-state index contributed by atoms with van der Waals surface area (Å²) >= 11 is 0. The second-order valence-electron chi connectivity index (χ2n) is 8.07. The van der Waals surface area contributed by atoms with E-state index in [-0.39, 0.29) is 0 Å². The molecule has 2 atom stereocenters. The molecule has 0 bridgehead atoms. The number of hydrogen-bond acceptors (Lipinski definition) is 2. The minimum atomic E-state index is -3.95. The Morgan fingerprint density at radius 2 is 0.857 bits per heavy atom. The molecule has 2 unspecified atom stereocenters. The van der Waals surface area contributed by atoms with Gasteiger partial charge in [0.2, 0.25) is 0 Å². The molecule has 4 aromatic rings. The maximum atomic E-state index is 14.2. The summed E-state index contributed by atoms with van der Waals surface area (Å²) in [7, 11) is -3.95. The van der Waals surface area contributed by atoms with Crippen LogP contribution in [0.2, 0.25) is 0 Å². The Kier molecular flexibility index (Phi) is 7.68. The fourth-order valence-corrected chi connectivity index (χ4v) is 5.79. The Labute approximate surface area is 204 Å². The molecule has 0 saturated carbocycles. The lowest BCUT2D eigenvalue weighted by Crippen LogP contribution is -2.19. The van der Waals surface area contributed by atoms with Crippen LogP contribution in [0.5, 0.6) is 0 Å². The molecule has 0 spiro atoms. The molecule has 35 heavy (non-hydrogen) atoms. The molecular formula is C30H24F2O2S. The predicted octanol–water partition coefficient (Wildman–Crippen LogP) is 7.59. The van der Waals surface area contributed by atoms with Crippen LogP contribution in [-0.4, -0.2) is 8.42 Å². The Hall–Kier alpha value is -3.83. The van der Waals surface area contributed by atoms with Crippen LogP contribution in [0.1, 0.15) is 32.8 Å². The summed E-state index contributed by atoms with van der Waals surface area (Å²) in [5, 5.41) is -2.11. The van der Waals surface area contributed by atoms with Gasteiger partial charge in [0.15, 0.2) is 9.84 Å².